The van der Waals surface area contributed by atoms with Crippen LogP contribution in [0.2, 0.25) is 0 Å². The van der Waals surface area contributed by atoms with E-state index in [9.17, 15) is 4.79 Å². The number of ether oxygens (including phenoxy) is 1. The van der Waals surface area contributed by atoms with E-state index in [0.29, 0.717) is 23.9 Å². The molecule has 0 spiro atoms. The standard InChI is InChI=1S/C18H28N4O2.HI/c1-13-6-5-9-22(12-13)18(19-3)20-11-15-7-8-17(24-4)16(10-15)21-14(2)23;/h7-8,10,13H,5-6,9,11-12H2,1-4H3,(H,19,20)(H,21,23);1H. The molecule has 25 heavy (non-hydrogen) atoms. The highest BCUT2D eigenvalue weighted by molar-refractivity contribution is 14.0. The van der Waals surface area contributed by atoms with Crippen molar-refractivity contribution in [3.8, 4) is 5.75 Å². The van der Waals surface area contributed by atoms with E-state index in [1.807, 2.05) is 25.2 Å². The van der Waals surface area contributed by atoms with E-state index >= 15 is 0 Å². The fraction of sp³-hybridized carbons (Fsp3) is 0.556. The Kier molecular flexibility index (Phi) is 9.02. The van der Waals surface area contributed by atoms with Crippen molar-refractivity contribution in [1.29, 1.82) is 0 Å². The average Bonchev–Trinajstić information content (AvgIpc) is 2.55. The summed E-state index contributed by atoms with van der Waals surface area (Å²) >= 11 is 0. The molecule has 1 aromatic rings. The predicted octanol–water partition coefficient (Wildman–Crippen LogP) is 3.08. The molecule has 1 heterocycles. The lowest BCUT2D eigenvalue weighted by Gasteiger charge is -2.33. The van der Waals surface area contributed by atoms with E-state index in [0.717, 1.165) is 24.6 Å². The first-order valence-electron chi connectivity index (χ1n) is 8.43. The number of carbonyl (C=O) groups is 1. The van der Waals surface area contributed by atoms with Gasteiger partial charge in [0.05, 0.1) is 12.8 Å². The van der Waals surface area contributed by atoms with Crippen molar-refractivity contribution in [3.63, 3.8) is 0 Å². The van der Waals surface area contributed by atoms with Gasteiger partial charge in [-0.3, -0.25) is 9.79 Å². The Hall–Kier alpha value is -1.51. The van der Waals surface area contributed by atoms with E-state index in [2.05, 4.69) is 27.4 Å². The average molecular weight is 460 g/mol. The van der Waals surface area contributed by atoms with Crippen molar-refractivity contribution in [2.45, 2.75) is 33.2 Å². The Morgan fingerprint density at radius 1 is 1.44 bits per heavy atom. The summed E-state index contributed by atoms with van der Waals surface area (Å²) < 4.78 is 5.29. The van der Waals surface area contributed by atoms with Crippen LogP contribution in [0.5, 0.6) is 5.75 Å². The van der Waals surface area contributed by atoms with Crippen molar-refractivity contribution in [2.24, 2.45) is 10.9 Å². The van der Waals surface area contributed by atoms with Crippen LogP contribution in [-0.2, 0) is 11.3 Å². The fourth-order valence-electron chi connectivity index (χ4n) is 3.05. The maximum Gasteiger partial charge on any atom is 0.221 e. The number of methoxy groups -OCH3 is 1. The Morgan fingerprint density at radius 3 is 2.80 bits per heavy atom. The molecule has 2 N–H and O–H groups in total. The smallest absolute Gasteiger partial charge is 0.221 e. The molecule has 0 saturated carbocycles. The first-order chi connectivity index (χ1) is 11.5. The van der Waals surface area contributed by atoms with Gasteiger partial charge in [0.2, 0.25) is 5.91 Å². The van der Waals surface area contributed by atoms with Gasteiger partial charge in [-0.2, -0.15) is 0 Å². The number of aliphatic imine (C=N–C) groups is 1. The number of nitrogens with zero attached hydrogens (tertiary/aromatic N) is 2. The minimum Gasteiger partial charge on any atom is -0.495 e. The molecule has 7 heteroatoms. The molecule has 140 valence electrons. The summed E-state index contributed by atoms with van der Waals surface area (Å²) in [6.45, 7) is 6.50. The molecule has 0 aromatic heterocycles. The van der Waals surface area contributed by atoms with Gasteiger partial charge in [-0.15, -0.1) is 24.0 Å². The van der Waals surface area contributed by atoms with Crippen molar-refractivity contribution >= 4 is 41.5 Å². The molecule has 1 aromatic carbocycles. The normalized spacial score (nSPS) is 17.5. The highest BCUT2D eigenvalue weighted by atomic mass is 127. The lowest BCUT2D eigenvalue weighted by molar-refractivity contribution is -0.114. The zero-order valence-corrected chi connectivity index (χ0v) is 17.8. The molecule has 6 nitrogen and oxygen atoms in total. The van der Waals surface area contributed by atoms with Gasteiger partial charge in [-0.1, -0.05) is 13.0 Å². The molecule has 0 bridgehead atoms. The Labute approximate surface area is 167 Å². The third kappa shape index (κ3) is 6.37. The third-order valence-corrected chi connectivity index (χ3v) is 4.19. The van der Waals surface area contributed by atoms with Crippen LogP contribution in [0.25, 0.3) is 0 Å². The predicted molar refractivity (Wildman–Crippen MR) is 113 cm³/mol. The Morgan fingerprint density at radius 2 is 2.20 bits per heavy atom. The van der Waals surface area contributed by atoms with E-state index in [1.165, 1.54) is 19.8 Å². The second-order valence-corrected chi connectivity index (χ2v) is 6.31. The molecular formula is C18H29IN4O2. The molecule has 1 aliphatic rings. The summed E-state index contributed by atoms with van der Waals surface area (Å²) in [5, 5.41) is 6.22. The largest absolute Gasteiger partial charge is 0.495 e. The number of hydrogen-bond acceptors (Lipinski definition) is 3. The van der Waals surface area contributed by atoms with Crippen molar-refractivity contribution < 1.29 is 9.53 Å². The number of amides is 1. The van der Waals surface area contributed by atoms with Crippen LogP contribution in [0.3, 0.4) is 0 Å². The van der Waals surface area contributed by atoms with Crippen LogP contribution in [0.4, 0.5) is 5.69 Å². The van der Waals surface area contributed by atoms with Crippen LogP contribution < -0.4 is 15.4 Å². The Bertz CT molecular complexity index is 607. The topological polar surface area (TPSA) is 66.0 Å². The van der Waals surface area contributed by atoms with E-state index in [-0.39, 0.29) is 29.9 Å². The summed E-state index contributed by atoms with van der Waals surface area (Å²) in [4.78, 5) is 18.0. The highest BCUT2D eigenvalue weighted by Gasteiger charge is 2.19. The number of halogens is 1. The zero-order valence-electron chi connectivity index (χ0n) is 15.5. The van der Waals surface area contributed by atoms with Crippen LogP contribution in [-0.4, -0.2) is 44.0 Å². The molecule has 1 fully saturated rings. The van der Waals surface area contributed by atoms with E-state index in [4.69, 9.17) is 4.74 Å². The lowest BCUT2D eigenvalue weighted by Crippen LogP contribution is -2.45. The highest BCUT2D eigenvalue weighted by Crippen LogP contribution is 2.25. The Balaban J connectivity index is 0.00000312. The monoisotopic (exact) mass is 460 g/mol. The fourth-order valence-corrected chi connectivity index (χ4v) is 3.05. The van der Waals surface area contributed by atoms with Gasteiger partial charge < -0.3 is 20.3 Å². The number of guanidine groups is 1. The van der Waals surface area contributed by atoms with Crippen molar-refractivity contribution in [1.82, 2.24) is 10.2 Å². The minimum absolute atomic E-state index is 0. The van der Waals surface area contributed by atoms with E-state index < -0.39 is 0 Å². The summed E-state index contributed by atoms with van der Waals surface area (Å²) in [5.74, 6) is 2.17. The maximum atomic E-state index is 11.3. The molecule has 2 rings (SSSR count). The third-order valence-electron chi connectivity index (χ3n) is 4.19. The van der Waals surface area contributed by atoms with Gasteiger partial charge in [0.15, 0.2) is 5.96 Å². The number of hydrogen-bond donors (Lipinski definition) is 2. The van der Waals surface area contributed by atoms with Gasteiger partial charge >= 0.3 is 0 Å². The molecule has 1 saturated heterocycles. The van der Waals surface area contributed by atoms with Gasteiger partial charge in [0.1, 0.15) is 5.75 Å². The summed E-state index contributed by atoms with van der Waals surface area (Å²) in [5.41, 5.74) is 1.75. The number of carbonyl (C=O) groups excluding carboxylic acids is 1. The minimum atomic E-state index is -0.114. The first kappa shape index (κ1) is 21.5. The number of rotatable bonds is 4. The lowest BCUT2D eigenvalue weighted by atomic mass is 10.0. The molecule has 1 unspecified atom stereocenters. The van der Waals surface area contributed by atoms with Gasteiger partial charge in [0, 0.05) is 33.6 Å². The summed E-state index contributed by atoms with van der Waals surface area (Å²) in [6.07, 6.45) is 2.49. The van der Waals surface area contributed by atoms with Gasteiger partial charge in [-0.25, -0.2) is 0 Å². The summed E-state index contributed by atoms with van der Waals surface area (Å²) in [7, 11) is 3.41. The van der Waals surface area contributed by atoms with Gasteiger partial charge in [-0.05, 0) is 36.5 Å². The van der Waals surface area contributed by atoms with Crippen molar-refractivity contribution in [3.05, 3.63) is 23.8 Å². The molecule has 0 aliphatic carbocycles. The number of nitrogens with one attached hydrogen (secondary N) is 2. The molecule has 1 atom stereocenters. The van der Waals surface area contributed by atoms with Crippen LogP contribution in [0.1, 0.15) is 32.3 Å². The second kappa shape index (κ2) is 10.5. The number of anilines is 1. The number of benzene rings is 1. The van der Waals surface area contributed by atoms with E-state index in [1.54, 1.807) is 7.11 Å². The maximum absolute atomic E-state index is 11.3. The second-order valence-electron chi connectivity index (χ2n) is 6.31. The molecule has 1 aliphatic heterocycles. The molecule has 0 radical (unpaired) electrons. The quantitative estimate of drug-likeness (QED) is 0.412. The number of likely N-dealkylation sites (tertiary alicyclic amines) is 1. The van der Waals surface area contributed by atoms with Crippen molar-refractivity contribution in [2.75, 3.05) is 32.6 Å². The van der Waals surface area contributed by atoms with Gasteiger partial charge in [0.25, 0.3) is 0 Å². The number of piperidine rings is 1. The molecular weight excluding hydrogens is 431 g/mol. The SMILES string of the molecule is CN=C(NCc1ccc(OC)c(NC(C)=O)c1)N1CCCC(C)C1.I. The van der Waals surface area contributed by atoms with Crippen LogP contribution >= 0.6 is 24.0 Å². The zero-order chi connectivity index (χ0) is 17.5. The first-order valence-corrected chi connectivity index (χ1v) is 8.43. The van der Waals surface area contributed by atoms with Crippen LogP contribution in [0, 0.1) is 5.92 Å². The molecule has 1 amide bonds. The summed E-state index contributed by atoms with van der Waals surface area (Å²) in [6, 6.07) is 5.79. The van der Waals surface area contributed by atoms with Crippen LogP contribution in [0.15, 0.2) is 23.2 Å².